The zero-order valence-corrected chi connectivity index (χ0v) is 7.13. The Morgan fingerprint density at radius 3 is 2.15 bits per heavy atom. The summed E-state index contributed by atoms with van der Waals surface area (Å²) in [5, 5.41) is 0. The monoisotopic (exact) mass is 186 g/mol. The van der Waals surface area contributed by atoms with Gasteiger partial charge in [0.15, 0.2) is 0 Å². The van der Waals surface area contributed by atoms with Crippen molar-refractivity contribution in [3.8, 4) is 0 Å². The van der Waals surface area contributed by atoms with Crippen molar-refractivity contribution < 1.29 is 8.78 Å². The molecule has 0 aliphatic heterocycles. The highest BCUT2D eigenvalue weighted by atomic mass is 19.3. The van der Waals surface area contributed by atoms with Gasteiger partial charge in [-0.2, -0.15) is 0 Å². The van der Waals surface area contributed by atoms with Gasteiger partial charge in [-0.1, -0.05) is 12.1 Å². The van der Waals surface area contributed by atoms with Crippen LogP contribution in [-0.4, -0.2) is 6.54 Å². The normalized spacial score (nSPS) is 11.6. The van der Waals surface area contributed by atoms with Crippen LogP contribution in [-0.2, 0) is 5.92 Å². The van der Waals surface area contributed by atoms with Crippen LogP contribution in [0.15, 0.2) is 24.3 Å². The van der Waals surface area contributed by atoms with Gasteiger partial charge in [-0.05, 0) is 18.7 Å². The predicted octanol–water partition coefficient (Wildman–Crippen LogP) is 1.71. The molecule has 13 heavy (non-hydrogen) atoms. The average molecular weight is 186 g/mol. The lowest BCUT2D eigenvalue weighted by Crippen LogP contribution is -2.18. The van der Waals surface area contributed by atoms with E-state index < -0.39 is 5.92 Å². The molecule has 0 heterocycles. The van der Waals surface area contributed by atoms with Gasteiger partial charge in [0.1, 0.15) is 0 Å². The zero-order chi connectivity index (χ0) is 9.90. The molecule has 0 radical (unpaired) electrons. The predicted molar refractivity (Wildman–Crippen MR) is 48.4 cm³/mol. The van der Waals surface area contributed by atoms with Crippen molar-refractivity contribution in [2.24, 2.45) is 5.73 Å². The van der Waals surface area contributed by atoms with E-state index in [0.29, 0.717) is 5.69 Å². The van der Waals surface area contributed by atoms with Crippen LogP contribution in [0.5, 0.6) is 0 Å². The lowest BCUT2D eigenvalue weighted by molar-refractivity contribution is -0.0107. The third-order valence-electron chi connectivity index (χ3n) is 1.79. The molecular formula is C9H12F2N2. The van der Waals surface area contributed by atoms with E-state index in [2.05, 4.69) is 0 Å². The molecule has 0 aliphatic rings. The van der Waals surface area contributed by atoms with Crippen LogP contribution in [0, 0.1) is 0 Å². The van der Waals surface area contributed by atoms with Crippen LogP contribution in [0.2, 0.25) is 0 Å². The first-order chi connectivity index (χ1) is 6.06. The second-order valence-electron chi connectivity index (χ2n) is 2.87. The minimum Gasteiger partial charge on any atom is -0.399 e. The Morgan fingerprint density at radius 1 is 1.15 bits per heavy atom. The van der Waals surface area contributed by atoms with Crippen molar-refractivity contribution in [1.29, 1.82) is 0 Å². The Balaban J connectivity index is 2.87. The van der Waals surface area contributed by atoms with E-state index in [1.807, 2.05) is 0 Å². The summed E-state index contributed by atoms with van der Waals surface area (Å²) in [7, 11) is 0. The highest BCUT2D eigenvalue weighted by Gasteiger charge is 2.29. The first-order valence-corrected chi connectivity index (χ1v) is 4.00. The summed E-state index contributed by atoms with van der Waals surface area (Å²) in [5.74, 6) is -2.84. The van der Waals surface area contributed by atoms with Gasteiger partial charge < -0.3 is 11.5 Å². The smallest absolute Gasteiger partial charge is 0.274 e. The molecule has 0 saturated carbocycles. The first-order valence-electron chi connectivity index (χ1n) is 4.00. The van der Waals surface area contributed by atoms with Gasteiger partial charge in [0, 0.05) is 17.7 Å². The Bertz CT molecular complexity index is 269. The summed E-state index contributed by atoms with van der Waals surface area (Å²) >= 11 is 0. The highest BCUT2D eigenvalue weighted by Crippen LogP contribution is 2.31. The molecule has 2 nitrogen and oxygen atoms in total. The number of nitrogens with two attached hydrogens (primary N) is 2. The fourth-order valence-corrected chi connectivity index (χ4v) is 1.05. The van der Waals surface area contributed by atoms with E-state index in [1.165, 1.54) is 24.3 Å². The molecule has 0 aromatic heterocycles. The standard InChI is InChI=1S/C9H12F2N2/c10-9(11,5-6-12)7-1-3-8(13)4-2-7/h1-4H,5-6,12-13H2. The molecule has 0 aliphatic carbocycles. The van der Waals surface area contributed by atoms with Crippen molar-refractivity contribution in [1.82, 2.24) is 0 Å². The fourth-order valence-electron chi connectivity index (χ4n) is 1.05. The largest absolute Gasteiger partial charge is 0.399 e. The number of nitrogen functional groups attached to an aromatic ring is 1. The molecule has 4 heteroatoms. The van der Waals surface area contributed by atoms with Crippen molar-refractivity contribution in [3.05, 3.63) is 29.8 Å². The number of benzene rings is 1. The van der Waals surface area contributed by atoms with Gasteiger partial charge in [-0.25, -0.2) is 8.78 Å². The van der Waals surface area contributed by atoms with Crippen LogP contribution < -0.4 is 11.5 Å². The van der Waals surface area contributed by atoms with Gasteiger partial charge >= 0.3 is 0 Å². The maximum atomic E-state index is 13.2. The molecule has 0 spiro atoms. The van der Waals surface area contributed by atoms with Crippen molar-refractivity contribution in [3.63, 3.8) is 0 Å². The molecule has 0 amide bonds. The average Bonchev–Trinajstić information content (AvgIpc) is 2.05. The number of anilines is 1. The SMILES string of the molecule is NCCC(F)(F)c1ccc(N)cc1. The Kier molecular flexibility index (Phi) is 2.83. The number of alkyl halides is 2. The fraction of sp³-hybridized carbons (Fsp3) is 0.333. The molecule has 0 saturated heterocycles. The molecule has 1 rings (SSSR count). The molecule has 1 aromatic rings. The van der Waals surface area contributed by atoms with Crippen molar-refractivity contribution >= 4 is 5.69 Å². The van der Waals surface area contributed by atoms with E-state index in [9.17, 15) is 8.78 Å². The van der Waals surface area contributed by atoms with E-state index in [4.69, 9.17) is 11.5 Å². The van der Waals surface area contributed by atoms with E-state index in [-0.39, 0.29) is 18.5 Å². The lowest BCUT2D eigenvalue weighted by atomic mass is 10.1. The molecule has 0 bridgehead atoms. The summed E-state index contributed by atoms with van der Waals surface area (Å²) < 4.78 is 26.3. The van der Waals surface area contributed by atoms with Crippen molar-refractivity contribution in [2.75, 3.05) is 12.3 Å². The van der Waals surface area contributed by atoms with Gasteiger partial charge in [0.2, 0.25) is 0 Å². The van der Waals surface area contributed by atoms with Gasteiger partial charge in [-0.15, -0.1) is 0 Å². The number of hydrogen-bond donors (Lipinski definition) is 2. The quantitative estimate of drug-likeness (QED) is 0.706. The van der Waals surface area contributed by atoms with E-state index >= 15 is 0 Å². The molecule has 0 unspecified atom stereocenters. The van der Waals surface area contributed by atoms with Crippen LogP contribution >= 0.6 is 0 Å². The van der Waals surface area contributed by atoms with Crippen LogP contribution in [0.4, 0.5) is 14.5 Å². The van der Waals surface area contributed by atoms with Crippen LogP contribution in [0.3, 0.4) is 0 Å². The maximum Gasteiger partial charge on any atom is 0.274 e. The number of halogens is 2. The van der Waals surface area contributed by atoms with E-state index in [0.717, 1.165) is 0 Å². The summed E-state index contributed by atoms with van der Waals surface area (Å²) in [6, 6.07) is 5.56. The third kappa shape index (κ3) is 2.39. The number of hydrogen-bond acceptors (Lipinski definition) is 2. The second kappa shape index (κ2) is 3.70. The minimum absolute atomic E-state index is 0.0304. The highest BCUT2D eigenvalue weighted by molar-refractivity contribution is 5.40. The molecule has 0 atom stereocenters. The maximum absolute atomic E-state index is 13.2. The van der Waals surface area contributed by atoms with Crippen LogP contribution in [0.1, 0.15) is 12.0 Å². The van der Waals surface area contributed by atoms with Gasteiger partial charge in [0.25, 0.3) is 5.92 Å². The Labute approximate surface area is 75.5 Å². The molecular weight excluding hydrogens is 174 g/mol. The summed E-state index contributed by atoms with van der Waals surface area (Å²) in [6.45, 7) is -0.0304. The molecule has 0 fully saturated rings. The summed E-state index contributed by atoms with van der Waals surface area (Å²) in [6.07, 6.45) is -0.336. The van der Waals surface area contributed by atoms with Gasteiger partial charge in [0.05, 0.1) is 0 Å². The zero-order valence-electron chi connectivity index (χ0n) is 7.13. The first kappa shape index (κ1) is 9.92. The number of rotatable bonds is 3. The third-order valence-corrected chi connectivity index (χ3v) is 1.79. The lowest BCUT2D eigenvalue weighted by Gasteiger charge is -2.15. The molecule has 72 valence electrons. The Morgan fingerprint density at radius 2 is 1.69 bits per heavy atom. The molecule has 4 N–H and O–H groups in total. The van der Waals surface area contributed by atoms with Crippen molar-refractivity contribution in [2.45, 2.75) is 12.3 Å². The van der Waals surface area contributed by atoms with Gasteiger partial charge in [-0.3, -0.25) is 0 Å². The van der Waals surface area contributed by atoms with Crippen LogP contribution in [0.25, 0.3) is 0 Å². The topological polar surface area (TPSA) is 52.0 Å². The minimum atomic E-state index is -2.84. The van der Waals surface area contributed by atoms with E-state index in [1.54, 1.807) is 0 Å². The molecule has 1 aromatic carbocycles. The summed E-state index contributed by atoms with van der Waals surface area (Å²) in [4.78, 5) is 0. The Hall–Kier alpha value is -1.16. The second-order valence-corrected chi connectivity index (χ2v) is 2.87. The summed E-state index contributed by atoms with van der Waals surface area (Å²) in [5.41, 5.74) is 10.9.